The fourth-order valence-electron chi connectivity index (χ4n) is 4.44. The monoisotopic (exact) mass is 492 g/mol. The van der Waals surface area contributed by atoms with Gasteiger partial charge in [-0.2, -0.15) is 4.31 Å². The maximum absolute atomic E-state index is 14.0. The molecule has 0 atom stereocenters. The molecule has 0 bridgehead atoms. The minimum Gasteiger partial charge on any atom is -0.369 e. The van der Waals surface area contributed by atoms with E-state index in [-0.39, 0.29) is 32.1 Å². The molecule has 2 fully saturated rings. The number of hydrogen-bond donors (Lipinski definition) is 0. The first-order chi connectivity index (χ1) is 16.2. The molecule has 2 aliphatic rings. The lowest BCUT2D eigenvalue weighted by atomic mass is 10.1. The topological polar surface area (TPSA) is 64.2 Å². The van der Waals surface area contributed by atoms with Crippen molar-refractivity contribution < 1.29 is 22.0 Å². The second kappa shape index (κ2) is 9.97. The van der Waals surface area contributed by atoms with Gasteiger partial charge in [0.1, 0.15) is 16.5 Å². The first kappa shape index (κ1) is 24.6. The largest absolute Gasteiger partial charge is 0.369 e. The van der Waals surface area contributed by atoms with E-state index in [9.17, 15) is 22.0 Å². The lowest BCUT2D eigenvalue weighted by Gasteiger charge is -2.38. The predicted molar refractivity (Wildman–Crippen MR) is 126 cm³/mol. The maximum Gasteiger partial charge on any atom is 0.253 e. The van der Waals surface area contributed by atoms with Crippen LogP contribution in [0.1, 0.15) is 24.2 Å². The Morgan fingerprint density at radius 2 is 1.47 bits per heavy atom. The van der Waals surface area contributed by atoms with Gasteiger partial charge in [0.15, 0.2) is 0 Å². The second-order valence-electron chi connectivity index (χ2n) is 8.93. The zero-order valence-corrected chi connectivity index (χ0v) is 20.3. The number of hydrogen-bond acceptors (Lipinski definition) is 5. The van der Waals surface area contributed by atoms with Gasteiger partial charge in [0.2, 0.25) is 10.0 Å². The van der Waals surface area contributed by atoms with Crippen LogP contribution in [-0.4, -0.2) is 86.8 Å². The van der Waals surface area contributed by atoms with Gasteiger partial charge >= 0.3 is 0 Å². The van der Waals surface area contributed by atoms with Gasteiger partial charge in [0, 0.05) is 69.7 Å². The Balaban J connectivity index is 1.36. The number of rotatable bonds is 5. The SMILES string of the molecule is CC(C)N1CCN(c2ccc(C(=O)N3CCN(S(=O)(=O)c4cc(F)ccc4F)CC3)cc2)CC1. The van der Waals surface area contributed by atoms with Gasteiger partial charge in [0.05, 0.1) is 0 Å². The Morgan fingerprint density at radius 3 is 2.06 bits per heavy atom. The fraction of sp³-hybridized carbons (Fsp3) is 0.458. The highest BCUT2D eigenvalue weighted by atomic mass is 32.2. The van der Waals surface area contributed by atoms with Crippen LogP contribution < -0.4 is 4.90 Å². The van der Waals surface area contributed by atoms with E-state index in [1.54, 1.807) is 17.0 Å². The minimum atomic E-state index is -4.19. The van der Waals surface area contributed by atoms with Crippen LogP contribution in [0.3, 0.4) is 0 Å². The number of benzene rings is 2. The van der Waals surface area contributed by atoms with E-state index in [2.05, 4.69) is 23.6 Å². The number of carbonyl (C=O) groups excluding carboxylic acids is 1. The molecule has 0 unspecified atom stereocenters. The van der Waals surface area contributed by atoms with Gasteiger partial charge in [-0.15, -0.1) is 0 Å². The molecule has 0 radical (unpaired) electrons. The molecule has 34 heavy (non-hydrogen) atoms. The third-order valence-electron chi connectivity index (χ3n) is 6.56. The number of nitrogens with zero attached hydrogens (tertiary/aromatic N) is 4. The average molecular weight is 493 g/mol. The van der Waals surface area contributed by atoms with Crippen LogP contribution in [0.5, 0.6) is 0 Å². The minimum absolute atomic E-state index is 0.0161. The summed E-state index contributed by atoms with van der Waals surface area (Å²) in [5.41, 5.74) is 1.62. The van der Waals surface area contributed by atoms with E-state index in [0.717, 1.165) is 48.3 Å². The molecule has 2 aromatic rings. The number of carbonyl (C=O) groups is 1. The molecule has 2 aliphatic heterocycles. The molecule has 10 heteroatoms. The summed E-state index contributed by atoms with van der Waals surface area (Å²) in [5.74, 6) is -1.99. The van der Waals surface area contributed by atoms with Crippen LogP contribution in [0.2, 0.25) is 0 Å². The Hall–Kier alpha value is -2.56. The van der Waals surface area contributed by atoms with Crippen molar-refractivity contribution in [1.82, 2.24) is 14.1 Å². The van der Waals surface area contributed by atoms with Crippen molar-refractivity contribution in [2.75, 3.05) is 57.3 Å². The molecule has 2 heterocycles. The zero-order chi connectivity index (χ0) is 24.5. The van der Waals surface area contributed by atoms with Gasteiger partial charge in [-0.05, 0) is 56.3 Å². The summed E-state index contributed by atoms with van der Waals surface area (Å²) < 4.78 is 54.1. The summed E-state index contributed by atoms with van der Waals surface area (Å²) >= 11 is 0. The van der Waals surface area contributed by atoms with E-state index < -0.39 is 26.6 Å². The van der Waals surface area contributed by atoms with Crippen molar-refractivity contribution in [2.45, 2.75) is 24.8 Å². The Morgan fingerprint density at radius 1 is 0.853 bits per heavy atom. The summed E-state index contributed by atoms with van der Waals surface area (Å²) in [5, 5.41) is 0. The molecule has 0 N–H and O–H groups in total. The van der Waals surface area contributed by atoms with Gasteiger partial charge in [-0.25, -0.2) is 17.2 Å². The van der Waals surface area contributed by atoms with E-state index in [0.29, 0.717) is 17.7 Å². The van der Waals surface area contributed by atoms with E-state index >= 15 is 0 Å². The summed E-state index contributed by atoms with van der Waals surface area (Å²) in [6.07, 6.45) is 0. The number of halogens is 2. The Kier molecular flexibility index (Phi) is 7.20. The maximum atomic E-state index is 14.0. The molecule has 7 nitrogen and oxygen atoms in total. The summed E-state index contributed by atoms with van der Waals surface area (Å²) in [7, 11) is -4.19. The van der Waals surface area contributed by atoms with Crippen LogP contribution in [0.4, 0.5) is 14.5 Å². The van der Waals surface area contributed by atoms with Crippen LogP contribution in [0.15, 0.2) is 47.4 Å². The molecule has 4 rings (SSSR count). The summed E-state index contributed by atoms with van der Waals surface area (Å²) in [6.45, 7) is 8.67. The molecule has 184 valence electrons. The number of sulfonamides is 1. The lowest BCUT2D eigenvalue weighted by molar-refractivity contribution is 0.0697. The predicted octanol–water partition coefficient (Wildman–Crippen LogP) is 2.64. The third kappa shape index (κ3) is 5.08. The van der Waals surface area contributed by atoms with Crippen molar-refractivity contribution in [3.8, 4) is 0 Å². The van der Waals surface area contributed by atoms with Crippen LogP contribution >= 0.6 is 0 Å². The Labute approximate surface area is 199 Å². The molecular weight excluding hydrogens is 462 g/mol. The molecule has 0 aliphatic carbocycles. The number of piperazine rings is 2. The van der Waals surface area contributed by atoms with E-state index in [1.807, 2.05) is 12.1 Å². The van der Waals surface area contributed by atoms with E-state index in [4.69, 9.17) is 0 Å². The molecule has 2 aromatic carbocycles. The Bertz CT molecular complexity index is 1130. The second-order valence-corrected chi connectivity index (χ2v) is 10.8. The van der Waals surface area contributed by atoms with Crippen molar-refractivity contribution in [2.24, 2.45) is 0 Å². The first-order valence-corrected chi connectivity index (χ1v) is 12.9. The highest BCUT2D eigenvalue weighted by molar-refractivity contribution is 7.89. The van der Waals surface area contributed by atoms with Gasteiger partial charge in [0.25, 0.3) is 5.91 Å². The third-order valence-corrected chi connectivity index (χ3v) is 8.47. The lowest BCUT2D eigenvalue weighted by Crippen LogP contribution is -2.50. The van der Waals surface area contributed by atoms with Gasteiger partial charge < -0.3 is 9.80 Å². The van der Waals surface area contributed by atoms with Crippen molar-refractivity contribution >= 4 is 21.6 Å². The number of amides is 1. The smallest absolute Gasteiger partial charge is 0.253 e. The van der Waals surface area contributed by atoms with Crippen molar-refractivity contribution in [1.29, 1.82) is 0 Å². The van der Waals surface area contributed by atoms with Crippen LogP contribution in [-0.2, 0) is 10.0 Å². The molecule has 0 saturated carbocycles. The average Bonchev–Trinajstić information content (AvgIpc) is 2.85. The molecule has 0 spiro atoms. The molecule has 2 saturated heterocycles. The van der Waals surface area contributed by atoms with Gasteiger partial charge in [-0.1, -0.05) is 0 Å². The highest BCUT2D eigenvalue weighted by Gasteiger charge is 2.32. The van der Waals surface area contributed by atoms with Crippen LogP contribution in [0, 0.1) is 11.6 Å². The summed E-state index contributed by atoms with van der Waals surface area (Å²) in [4.78, 5) is 18.6. The fourth-order valence-corrected chi connectivity index (χ4v) is 5.94. The van der Waals surface area contributed by atoms with Gasteiger partial charge in [-0.3, -0.25) is 9.69 Å². The molecular formula is C24H30F2N4O3S. The summed E-state index contributed by atoms with van der Waals surface area (Å²) in [6, 6.07) is 10.4. The molecule has 0 aromatic heterocycles. The quantitative estimate of drug-likeness (QED) is 0.642. The number of anilines is 1. The highest BCUT2D eigenvalue weighted by Crippen LogP contribution is 2.23. The normalized spacial score (nSPS) is 18.5. The van der Waals surface area contributed by atoms with E-state index in [1.165, 1.54) is 0 Å². The zero-order valence-electron chi connectivity index (χ0n) is 19.5. The van der Waals surface area contributed by atoms with Crippen molar-refractivity contribution in [3.05, 3.63) is 59.7 Å². The van der Waals surface area contributed by atoms with Crippen LogP contribution in [0.25, 0.3) is 0 Å². The first-order valence-electron chi connectivity index (χ1n) is 11.5. The van der Waals surface area contributed by atoms with Crippen molar-refractivity contribution in [3.63, 3.8) is 0 Å². The molecule has 1 amide bonds. The standard InChI is InChI=1S/C24H30F2N4O3S/c1-18(2)27-9-11-28(12-10-27)21-6-3-19(4-7-21)24(31)29-13-15-30(16-14-29)34(32,33)23-17-20(25)5-8-22(23)26/h3-8,17-18H,9-16H2,1-2H3.